The van der Waals surface area contributed by atoms with Gasteiger partial charge in [-0.05, 0) is 32.1 Å². The van der Waals surface area contributed by atoms with Crippen LogP contribution in [0.3, 0.4) is 0 Å². The summed E-state index contributed by atoms with van der Waals surface area (Å²) in [6.45, 7) is 7.31. The lowest BCUT2D eigenvalue weighted by atomic mass is 9.83. The van der Waals surface area contributed by atoms with E-state index in [4.69, 9.17) is 0 Å². The Morgan fingerprint density at radius 1 is 1.22 bits per heavy atom. The maximum Gasteiger partial charge on any atom is 0.236 e. The molecule has 0 spiro atoms. The third-order valence-electron chi connectivity index (χ3n) is 4.32. The minimum atomic E-state index is -0.0673. The molecule has 1 amide bonds. The first kappa shape index (κ1) is 15.4. The van der Waals surface area contributed by atoms with Gasteiger partial charge in [-0.3, -0.25) is 4.79 Å². The molecule has 1 aliphatic rings. The molecule has 4 heteroatoms. The number of carbonyl (C=O) groups is 1. The SMILES string of the molecule is CCC(CC)(CO)CNCC(=O)N1CCCCC1. The van der Waals surface area contributed by atoms with Crippen molar-refractivity contribution in [2.45, 2.75) is 46.0 Å². The second-order valence-corrected chi connectivity index (χ2v) is 5.41. The Morgan fingerprint density at radius 3 is 2.33 bits per heavy atom. The van der Waals surface area contributed by atoms with E-state index in [1.807, 2.05) is 4.90 Å². The highest BCUT2D eigenvalue weighted by molar-refractivity contribution is 5.78. The highest BCUT2D eigenvalue weighted by Gasteiger charge is 2.25. The molecule has 1 fully saturated rings. The Morgan fingerprint density at radius 2 is 1.83 bits per heavy atom. The summed E-state index contributed by atoms with van der Waals surface area (Å²) in [5.41, 5.74) is -0.0673. The number of hydrogen-bond acceptors (Lipinski definition) is 3. The zero-order chi connectivity index (χ0) is 13.4. The fourth-order valence-corrected chi connectivity index (χ4v) is 2.47. The number of carbonyl (C=O) groups excluding carboxylic acids is 1. The molecule has 0 aromatic rings. The Balaban J connectivity index is 2.29. The minimum absolute atomic E-state index is 0.0673. The maximum atomic E-state index is 11.9. The summed E-state index contributed by atoms with van der Waals surface area (Å²) in [5, 5.41) is 12.7. The highest BCUT2D eigenvalue weighted by Crippen LogP contribution is 2.24. The topological polar surface area (TPSA) is 52.6 Å². The van der Waals surface area contributed by atoms with Gasteiger partial charge in [-0.2, -0.15) is 0 Å². The van der Waals surface area contributed by atoms with Crippen molar-refractivity contribution >= 4 is 5.91 Å². The molecule has 0 radical (unpaired) electrons. The van der Waals surface area contributed by atoms with Crippen LogP contribution in [0.15, 0.2) is 0 Å². The lowest BCUT2D eigenvalue weighted by Crippen LogP contribution is -2.44. The zero-order valence-electron chi connectivity index (χ0n) is 11.9. The Hall–Kier alpha value is -0.610. The van der Waals surface area contributed by atoms with E-state index in [-0.39, 0.29) is 17.9 Å². The van der Waals surface area contributed by atoms with Crippen LogP contribution < -0.4 is 5.32 Å². The molecule has 2 N–H and O–H groups in total. The van der Waals surface area contributed by atoms with Crippen LogP contribution in [-0.2, 0) is 4.79 Å². The first-order valence-corrected chi connectivity index (χ1v) is 7.27. The molecule has 18 heavy (non-hydrogen) atoms. The normalized spacial score (nSPS) is 16.9. The van der Waals surface area contributed by atoms with Gasteiger partial charge < -0.3 is 15.3 Å². The van der Waals surface area contributed by atoms with Crippen molar-refractivity contribution in [2.75, 3.05) is 32.8 Å². The van der Waals surface area contributed by atoms with Crippen molar-refractivity contribution in [1.82, 2.24) is 10.2 Å². The number of piperidine rings is 1. The number of aliphatic hydroxyl groups excluding tert-OH is 1. The van der Waals surface area contributed by atoms with Crippen molar-refractivity contribution in [2.24, 2.45) is 5.41 Å². The highest BCUT2D eigenvalue weighted by atomic mass is 16.3. The molecule has 0 saturated carbocycles. The summed E-state index contributed by atoms with van der Waals surface area (Å²) in [6, 6.07) is 0. The van der Waals surface area contributed by atoms with Crippen LogP contribution in [0.25, 0.3) is 0 Å². The Bertz CT molecular complexity index is 238. The molecule has 0 aromatic heterocycles. The van der Waals surface area contributed by atoms with Crippen molar-refractivity contribution in [3.63, 3.8) is 0 Å². The summed E-state index contributed by atoms with van der Waals surface area (Å²) in [5.74, 6) is 0.203. The second-order valence-electron chi connectivity index (χ2n) is 5.41. The van der Waals surface area contributed by atoms with Gasteiger partial charge in [-0.15, -0.1) is 0 Å². The first-order valence-electron chi connectivity index (χ1n) is 7.27. The van der Waals surface area contributed by atoms with Crippen LogP contribution in [0.5, 0.6) is 0 Å². The Kier molecular flexibility index (Phi) is 6.65. The lowest BCUT2D eigenvalue weighted by Gasteiger charge is -2.31. The van der Waals surface area contributed by atoms with Crippen molar-refractivity contribution in [3.8, 4) is 0 Å². The molecule has 0 unspecified atom stereocenters. The van der Waals surface area contributed by atoms with E-state index in [0.29, 0.717) is 6.54 Å². The number of nitrogens with one attached hydrogen (secondary N) is 1. The molecule has 1 aliphatic heterocycles. The predicted molar refractivity (Wildman–Crippen MR) is 73.4 cm³/mol. The van der Waals surface area contributed by atoms with E-state index in [1.54, 1.807) is 0 Å². The van der Waals surface area contributed by atoms with Crippen LogP contribution in [0.1, 0.15) is 46.0 Å². The summed E-state index contributed by atoms with van der Waals surface area (Å²) < 4.78 is 0. The maximum absolute atomic E-state index is 11.9. The van der Waals surface area contributed by atoms with Crippen molar-refractivity contribution in [1.29, 1.82) is 0 Å². The first-order chi connectivity index (χ1) is 8.67. The molecule has 0 aromatic carbocycles. The fourth-order valence-electron chi connectivity index (χ4n) is 2.47. The molecule has 4 nitrogen and oxygen atoms in total. The average Bonchev–Trinajstić information content (AvgIpc) is 2.45. The summed E-state index contributed by atoms with van der Waals surface area (Å²) in [4.78, 5) is 13.9. The smallest absolute Gasteiger partial charge is 0.236 e. The number of likely N-dealkylation sites (tertiary alicyclic amines) is 1. The molecular weight excluding hydrogens is 228 g/mol. The van der Waals surface area contributed by atoms with E-state index >= 15 is 0 Å². The molecule has 0 aliphatic carbocycles. The second kappa shape index (κ2) is 7.74. The molecule has 0 bridgehead atoms. The Labute approximate surface area is 111 Å². The monoisotopic (exact) mass is 256 g/mol. The molecule has 106 valence electrons. The van der Waals surface area contributed by atoms with E-state index < -0.39 is 0 Å². The minimum Gasteiger partial charge on any atom is -0.396 e. The standard InChI is InChI=1S/C14H28N2O2/c1-3-14(4-2,12-17)11-15-10-13(18)16-8-6-5-7-9-16/h15,17H,3-12H2,1-2H3. The number of rotatable bonds is 7. The number of aliphatic hydroxyl groups is 1. The number of amides is 1. The largest absolute Gasteiger partial charge is 0.396 e. The van der Waals surface area contributed by atoms with Crippen LogP contribution in [0, 0.1) is 5.41 Å². The van der Waals surface area contributed by atoms with Gasteiger partial charge in [-0.25, -0.2) is 0 Å². The lowest BCUT2D eigenvalue weighted by molar-refractivity contribution is -0.131. The third-order valence-corrected chi connectivity index (χ3v) is 4.32. The van der Waals surface area contributed by atoms with E-state index in [2.05, 4.69) is 19.2 Å². The number of hydrogen-bond donors (Lipinski definition) is 2. The molecule has 1 rings (SSSR count). The summed E-state index contributed by atoms with van der Waals surface area (Å²) >= 11 is 0. The van der Waals surface area contributed by atoms with E-state index in [9.17, 15) is 9.90 Å². The van der Waals surface area contributed by atoms with Crippen molar-refractivity contribution in [3.05, 3.63) is 0 Å². The van der Waals surface area contributed by atoms with Gasteiger partial charge >= 0.3 is 0 Å². The van der Waals surface area contributed by atoms with Gasteiger partial charge in [0.05, 0.1) is 6.54 Å². The van der Waals surface area contributed by atoms with E-state index in [0.717, 1.165) is 45.3 Å². The molecule has 1 heterocycles. The average molecular weight is 256 g/mol. The number of nitrogens with zero attached hydrogens (tertiary/aromatic N) is 1. The van der Waals surface area contributed by atoms with E-state index in [1.165, 1.54) is 6.42 Å². The molecule has 1 saturated heterocycles. The van der Waals surface area contributed by atoms with Crippen molar-refractivity contribution < 1.29 is 9.90 Å². The van der Waals surface area contributed by atoms with Gasteiger partial charge in [0.15, 0.2) is 0 Å². The van der Waals surface area contributed by atoms with Gasteiger partial charge in [-0.1, -0.05) is 13.8 Å². The predicted octanol–water partition coefficient (Wildman–Crippen LogP) is 1.39. The summed E-state index contributed by atoms with van der Waals surface area (Å²) in [6.07, 6.45) is 5.39. The van der Waals surface area contributed by atoms with Crippen LogP contribution in [0.2, 0.25) is 0 Å². The molecular formula is C14H28N2O2. The fraction of sp³-hybridized carbons (Fsp3) is 0.929. The van der Waals surface area contributed by atoms with Gasteiger partial charge in [0.1, 0.15) is 0 Å². The third kappa shape index (κ3) is 4.25. The summed E-state index contributed by atoms with van der Waals surface area (Å²) in [7, 11) is 0. The quantitative estimate of drug-likeness (QED) is 0.724. The van der Waals surface area contributed by atoms with Gasteiger partial charge in [0, 0.05) is 31.7 Å². The van der Waals surface area contributed by atoms with Gasteiger partial charge in [0.2, 0.25) is 5.91 Å². The van der Waals surface area contributed by atoms with Crippen LogP contribution in [-0.4, -0.2) is 48.7 Å². The molecule has 0 atom stereocenters. The van der Waals surface area contributed by atoms with Crippen LogP contribution in [0.4, 0.5) is 0 Å². The van der Waals surface area contributed by atoms with Crippen LogP contribution >= 0.6 is 0 Å². The zero-order valence-corrected chi connectivity index (χ0v) is 11.9. The van der Waals surface area contributed by atoms with Gasteiger partial charge in [0.25, 0.3) is 0 Å².